The van der Waals surface area contributed by atoms with Crippen molar-refractivity contribution in [3.05, 3.63) is 29.1 Å². The molecule has 0 amide bonds. The Labute approximate surface area is 88.9 Å². The Hall–Kier alpha value is -0.830. The molecule has 0 saturated carbocycles. The van der Waals surface area contributed by atoms with Crippen molar-refractivity contribution in [1.29, 1.82) is 0 Å². The summed E-state index contributed by atoms with van der Waals surface area (Å²) in [5.74, 6) is 1.09. The third-order valence-corrected chi connectivity index (χ3v) is 3.44. The minimum absolute atomic E-state index is 0.442. The second kappa shape index (κ2) is 3.73. The molecule has 1 aromatic heterocycles. The molecule has 3 heteroatoms. The maximum absolute atomic E-state index is 4.57. The summed E-state index contributed by atoms with van der Waals surface area (Å²) in [5, 5.41) is 1.11. The number of hydrogen-bond acceptors (Lipinski definition) is 3. The molecule has 74 valence electrons. The Morgan fingerprint density at radius 1 is 1.43 bits per heavy atom. The Bertz CT molecular complexity index is 385. The zero-order chi connectivity index (χ0) is 10.1. The number of aliphatic imine (C=N–C) groups is 1. The molecule has 1 unspecified atom stereocenters. The summed E-state index contributed by atoms with van der Waals surface area (Å²) >= 11 is 1.81. The van der Waals surface area contributed by atoms with Gasteiger partial charge in [0.05, 0.1) is 11.7 Å². The Kier molecular flexibility index (Phi) is 2.59. The van der Waals surface area contributed by atoms with Gasteiger partial charge in [-0.05, 0) is 31.9 Å². The fourth-order valence-electron chi connectivity index (χ4n) is 1.54. The van der Waals surface area contributed by atoms with Crippen LogP contribution in [0, 0.1) is 13.8 Å². The average Bonchev–Trinajstić information content (AvgIpc) is 2.51. The summed E-state index contributed by atoms with van der Waals surface area (Å²) in [4.78, 5) is 9.01. The van der Waals surface area contributed by atoms with Gasteiger partial charge in [0.25, 0.3) is 0 Å². The molecule has 1 aliphatic heterocycles. The third kappa shape index (κ3) is 1.82. The number of aromatic nitrogens is 1. The zero-order valence-electron chi connectivity index (χ0n) is 8.74. The van der Waals surface area contributed by atoms with E-state index < -0.39 is 0 Å². The second-order valence-corrected chi connectivity index (χ2v) is 4.78. The van der Waals surface area contributed by atoms with Crippen LogP contribution in [0.25, 0.3) is 0 Å². The maximum atomic E-state index is 4.57. The van der Waals surface area contributed by atoms with Crippen LogP contribution in [-0.4, -0.2) is 21.8 Å². The SMILES string of the molecule is Cc1cnc(C2=NC(C)CS2)c(C)c1. The number of pyridine rings is 1. The van der Waals surface area contributed by atoms with Crippen molar-refractivity contribution in [3.63, 3.8) is 0 Å². The first-order chi connectivity index (χ1) is 6.66. The van der Waals surface area contributed by atoms with Crippen LogP contribution in [0.15, 0.2) is 17.3 Å². The number of nitrogens with zero attached hydrogens (tertiary/aromatic N) is 2. The molecule has 0 aliphatic carbocycles. The molecule has 1 aromatic rings. The fraction of sp³-hybridized carbons (Fsp3) is 0.455. The number of hydrogen-bond donors (Lipinski definition) is 0. The van der Waals surface area contributed by atoms with E-state index in [1.807, 2.05) is 18.0 Å². The molecule has 1 atom stereocenters. The van der Waals surface area contributed by atoms with Crippen LogP contribution < -0.4 is 0 Å². The third-order valence-electron chi connectivity index (χ3n) is 2.22. The molecule has 0 fully saturated rings. The number of thioether (sulfide) groups is 1. The summed E-state index contributed by atoms with van der Waals surface area (Å²) in [6, 6.07) is 2.60. The first kappa shape index (κ1) is 9.71. The van der Waals surface area contributed by atoms with Gasteiger partial charge in [-0.25, -0.2) is 0 Å². The summed E-state index contributed by atoms with van der Waals surface area (Å²) in [7, 11) is 0. The molecule has 2 rings (SSSR count). The summed E-state index contributed by atoms with van der Waals surface area (Å²) in [6.07, 6.45) is 1.91. The van der Waals surface area contributed by atoms with Gasteiger partial charge in [0.2, 0.25) is 0 Å². The molecule has 2 heterocycles. The molecule has 0 aromatic carbocycles. The van der Waals surface area contributed by atoms with Gasteiger partial charge >= 0.3 is 0 Å². The Morgan fingerprint density at radius 3 is 2.79 bits per heavy atom. The van der Waals surface area contributed by atoms with E-state index in [9.17, 15) is 0 Å². The van der Waals surface area contributed by atoms with Crippen LogP contribution in [0.1, 0.15) is 23.7 Å². The van der Waals surface area contributed by atoms with Gasteiger partial charge in [-0.3, -0.25) is 9.98 Å². The minimum atomic E-state index is 0.442. The highest BCUT2D eigenvalue weighted by Crippen LogP contribution is 2.23. The van der Waals surface area contributed by atoms with E-state index in [-0.39, 0.29) is 0 Å². The molecule has 0 radical (unpaired) electrons. The molecule has 0 saturated heterocycles. The molecule has 0 spiro atoms. The van der Waals surface area contributed by atoms with Crippen molar-refractivity contribution in [2.75, 3.05) is 5.75 Å². The largest absolute Gasteiger partial charge is 0.272 e. The number of aryl methyl sites for hydroxylation is 2. The van der Waals surface area contributed by atoms with Crippen LogP contribution >= 0.6 is 11.8 Å². The van der Waals surface area contributed by atoms with E-state index in [4.69, 9.17) is 0 Å². The summed E-state index contributed by atoms with van der Waals surface area (Å²) < 4.78 is 0. The lowest BCUT2D eigenvalue weighted by atomic mass is 10.2. The predicted octanol–water partition coefficient (Wildman–Crippen LogP) is 2.58. The van der Waals surface area contributed by atoms with E-state index in [0.717, 1.165) is 16.5 Å². The van der Waals surface area contributed by atoms with Crippen molar-refractivity contribution in [2.45, 2.75) is 26.8 Å². The van der Waals surface area contributed by atoms with E-state index >= 15 is 0 Å². The maximum Gasteiger partial charge on any atom is 0.117 e. The lowest BCUT2D eigenvalue weighted by Crippen LogP contribution is -2.00. The molecule has 0 N–H and O–H groups in total. The highest BCUT2D eigenvalue weighted by atomic mass is 32.2. The highest BCUT2D eigenvalue weighted by molar-refractivity contribution is 8.14. The normalized spacial score (nSPS) is 21.1. The Morgan fingerprint density at radius 2 is 2.21 bits per heavy atom. The van der Waals surface area contributed by atoms with Crippen molar-refractivity contribution in [2.24, 2.45) is 4.99 Å². The molecule has 1 aliphatic rings. The molecule has 2 nitrogen and oxygen atoms in total. The van der Waals surface area contributed by atoms with Gasteiger partial charge in [-0.15, -0.1) is 11.8 Å². The standard InChI is InChI=1S/C11H14N2S/c1-7-4-8(2)10(12-5-7)11-13-9(3)6-14-11/h4-5,9H,6H2,1-3H3. The summed E-state index contributed by atoms with van der Waals surface area (Å²) in [5.41, 5.74) is 3.50. The van der Waals surface area contributed by atoms with Crippen molar-refractivity contribution in [3.8, 4) is 0 Å². The van der Waals surface area contributed by atoms with E-state index in [1.54, 1.807) is 0 Å². The fourth-order valence-corrected chi connectivity index (χ4v) is 2.62. The van der Waals surface area contributed by atoms with E-state index in [2.05, 4.69) is 36.8 Å². The number of rotatable bonds is 1. The molecule has 0 bridgehead atoms. The van der Waals surface area contributed by atoms with Gasteiger partial charge in [0.1, 0.15) is 5.04 Å². The highest BCUT2D eigenvalue weighted by Gasteiger charge is 2.17. The first-order valence-electron chi connectivity index (χ1n) is 4.81. The first-order valence-corrected chi connectivity index (χ1v) is 5.79. The van der Waals surface area contributed by atoms with Gasteiger partial charge in [0.15, 0.2) is 0 Å². The topological polar surface area (TPSA) is 25.2 Å². The van der Waals surface area contributed by atoms with Crippen LogP contribution in [0.2, 0.25) is 0 Å². The quantitative estimate of drug-likeness (QED) is 0.705. The van der Waals surface area contributed by atoms with Crippen molar-refractivity contribution in [1.82, 2.24) is 4.98 Å². The van der Waals surface area contributed by atoms with Gasteiger partial charge in [0, 0.05) is 11.9 Å². The lowest BCUT2D eigenvalue weighted by Gasteiger charge is -2.03. The summed E-state index contributed by atoms with van der Waals surface area (Å²) in [6.45, 7) is 6.31. The van der Waals surface area contributed by atoms with Crippen LogP contribution in [0.4, 0.5) is 0 Å². The van der Waals surface area contributed by atoms with E-state index in [0.29, 0.717) is 6.04 Å². The smallest absolute Gasteiger partial charge is 0.117 e. The van der Waals surface area contributed by atoms with Gasteiger partial charge in [-0.2, -0.15) is 0 Å². The van der Waals surface area contributed by atoms with E-state index in [1.165, 1.54) is 11.1 Å². The Balaban J connectivity index is 2.37. The lowest BCUT2D eigenvalue weighted by molar-refractivity contribution is 0.864. The van der Waals surface area contributed by atoms with Crippen LogP contribution in [0.5, 0.6) is 0 Å². The predicted molar refractivity (Wildman–Crippen MR) is 62.2 cm³/mol. The molecular formula is C11H14N2S. The minimum Gasteiger partial charge on any atom is -0.272 e. The van der Waals surface area contributed by atoms with Crippen LogP contribution in [0.3, 0.4) is 0 Å². The monoisotopic (exact) mass is 206 g/mol. The zero-order valence-corrected chi connectivity index (χ0v) is 9.56. The van der Waals surface area contributed by atoms with Gasteiger partial charge < -0.3 is 0 Å². The second-order valence-electron chi connectivity index (χ2n) is 3.77. The van der Waals surface area contributed by atoms with Crippen molar-refractivity contribution >= 4 is 16.8 Å². The molecule has 14 heavy (non-hydrogen) atoms. The van der Waals surface area contributed by atoms with Crippen molar-refractivity contribution < 1.29 is 0 Å². The van der Waals surface area contributed by atoms with Gasteiger partial charge in [-0.1, -0.05) is 6.07 Å². The van der Waals surface area contributed by atoms with Crippen LogP contribution in [-0.2, 0) is 0 Å². The molecular weight excluding hydrogens is 192 g/mol. The average molecular weight is 206 g/mol.